The molecule has 2 aromatic rings. The van der Waals surface area contributed by atoms with Crippen LogP contribution in [0.2, 0.25) is 0 Å². The first-order valence-electron chi connectivity index (χ1n) is 8.44. The van der Waals surface area contributed by atoms with E-state index in [1.807, 2.05) is 18.7 Å². The van der Waals surface area contributed by atoms with Crippen LogP contribution in [0.25, 0.3) is 11.0 Å². The topological polar surface area (TPSA) is 42.7 Å². The highest BCUT2D eigenvalue weighted by molar-refractivity contribution is 7.99. The number of hydrogen-bond acceptors (Lipinski definition) is 5. The molecule has 0 bridgehead atoms. The molecule has 0 N–H and O–H groups in total. The summed E-state index contributed by atoms with van der Waals surface area (Å²) in [5.41, 5.74) is 0.638. The molecule has 1 aromatic carbocycles. The maximum absolute atomic E-state index is 13.4. The number of fused-ring (bicyclic) bond motifs is 1. The summed E-state index contributed by atoms with van der Waals surface area (Å²) in [7, 11) is 0. The minimum absolute atomic E-state index is 0.289. The van der Waals surface area contributed by atoms with E-state index in [9.17, 15) is 9.18 Å². The van der Waals surface area contributed by atoms with Crippen LogP contribution in [0.15, 0.2) is 46.3 Å². The number of rotatable bonds is 11. The van der Waals surface area contributed by atoms with Gasteiger partial charge in [0.05, 0.1) is 18.6 Å². The molecule has 0 aliphatic heterocycles. The number of nitrogens with zero attached hydrogens (tertiary/aromatic N) is 1. The smallest absolute Gasteiger partial charge is 0.338 e. The second kappa shape index (κ2) is 10.1. The lowest BCUT2D eigenvalue weighted by Gasteiger charge is -2.24. The van der Waals surface area contributed by atoms with E-state index in [-0.39, 0.29) is 5.58 Å². The van der Waals surface area contributed by atoms with E-state index in [0.717, 1.165) is 48.5 Å². The standard InChI is InChI=1S/C19H24FNO3S/c1-3-21(9-5-11-25-12-6-10-23-4-2)17-14-19(22)24-18-13-15(20)7-8-16(17)18/h4,7-8,13-14H,2-3,5-6,9-12H2,1H3. The summed E-state index contributed by atoms with van der Waals surface area (Å²) in [4.78, 5) is 13.9. The second-order valence-corrected chi connectivity index (χ2v) is 6.75. The Kier molecular flexibility index (Phi) is 7.85. The Morgan fingerprint density at radius 2 is 2.12 bits per heavy atom. The van der Waals surface area contributed by atoms with Gasteiger partial charge in [-0.15, -0.1) is 0 Å². The molecule has 4 nitrogen and oxygen atoms in total. The molecule has 0 spiro atoms. The van der Waals surface area contributed by atoms with E-state index in [1.165, 1.54) is 24.5 Å². The molecular weight excluding hydrogens is 341 g/mol. The molecule has 136 valence electrons. The summed E-state index contributed by atoms with van der Waals surface area (Å²) >= 11 is 1.89. The number of ether oxygens (including phenoxy) is 1. The van der Waals surface area contributed by atoms with Crippen molar-refractivity contribution < 1.29 is 13.5 Å². The van der Waals surface area contributed by atoms with Crippen molar-refractivity contribution in [1.82, 2.24) is 0 Å². The Hall–Kier alpha value is -1.95. The van der Waals surface area contributed by atoms with Gasteiger partial charge < -0.3 is 14.1 Å². The fourth-order valence-electron chi connectivity index (χ4n) is 2.62. The molecule has 6 heteroatoms. The first-order chi connectivity index (χ1) is 12.2. The third-order valence-corrected chi connectivity index (χ3v) is 4.95. The summed E-state index contributed by atoms with van der Waals surface area (Å²) in [6.45, 7) is 7.87. The largest absolute Gasteiger partial charge is 0.502 e. The fourth-order valence-corrected chi connectivity index (χ4v) is 3.48. The van der Waals surface area contributed by atoms with Gasteiger partial charge in [-0.1, -0.05) is 6.58 Å². The van der Waals surface area contributed by atoms with E-state index < -0.39 is 11.4 Å². The molecule has 2 rings (SSSR count). The van der Waals surface area contributed by atoms with E-state index >= 15 is 0 Å². The van der Waals surface area contributed by atoms with Crippen molar-refractivity contribution in [3.63, 3.8) is 0 Å². The van der Waals surface area contributed by atoms with Crippen LogP contribution in [0.1, 0.15) is 19.8 Å². The minimum atomic E-state index is -0.455. The molecule has 0 saturated carbocycles. The summed E-state index contributed by atoms with van der Waals surface area (Å²) in [6.07, 6.45) is 3.48. The van der Waals surface area contributed by atoms with Gasteiger partial charge in [0.2, 0.25) is 0 Å². The Morgan fingerprint density at radius 1 is 1.32 bits per heavy atom. The quantitative estimate of drug-likeness (QED) is 0.335. The van der Waals surface area contributed by atoms with Crippen LogP contribution in [0.4, 0.5) is 10.1 Å². The predicted molar refractivity (Wildman–Crippen MR) is 103 cm³/mol. The number of hydrogen-bond donors (Lipinski definition) is 0. The van der Waals surface area contributed by atoms with Crippen LogP contribution in [-0.2, 0) is 4.74 Å². The van der Waals surface area contributed by atoms with Crippen LogP contribution >= 0.6 is 11.8 Å². The van der Waals surface area contributed by atoms with E-state index in [4.69, 9.17) is 9.15 Å². The van der Waals surface area contributed by atoms with Gasteiger partial charge >= 0.3 is 5.63 Å². The molecule has 0 fully saturated rings. The molecule has 0 radical (unpaired) electrons. The number of anilines is 1. The van der Waals surface area contributed by atoms with Crippen molar-refractivity contribution in [2.45, 2.75) is 19.8 Å². The van der Waals surface area contributed by atoms with Crippen molar-refractivity contribution in [1.29, 1.82) is 0 Å². The summed E-state index contributed by atoms with van der Waals surface area (Å²) in [6, 6.07) is 5.81. The van der Waals surface area contributed by atoms with Gasteiger partial charge in [-0.3, -0.25) is 0 Å². The highest BCUT2D eigenvalue weighted by Crippen LogP contribution is 2.26. The van der Waals surface area contributed by atoms with Gasteiger partial charge in [0.15, 0.2) is 0 Å². The monoisotopic (exact) mass is 365 g/mol. The van der Waals surface area contributed by atoms with E-state index in [1.54, 1.807) is 6.07 Å². The van der Waals surface area contributed by atoms with E-state index in [0.29, 0.717) is 6.61 Å². The lowest BCUT2D eigenvalue weighted by molar-refractivity contribution is 0.252. The van der Waals surface area contributed by atoms with Gasteiger partial charge in [0.25, 0.3) is 0 Å². The summed E-state index contributed by atoms with van der Waals surface area (Å²) in [5, 5.41) is 0.761. The van der Waals surface area contributed by atoms with Crippen LogP contribution in [0, 0.1) is 5.82 Å². The average molecular weight is 365 g/mol. The van der Waals surface area contributed by atoms with Gasteiger partial charge in [0, 0.05) is 30.6 Å². The summed E-state index contributed by atoms with van der Waals surface area (Å²) < 4.78 is 23.6. The molecule has 0 aliphatic carbocycles. The van der Waals surface area contributed by atoms with Crippen LogP contribution in [-0.4, -0.2) is 31.2 Å². The van der Waals surface area contributed by atoms with Gasteiger partial charge in [-0.25, -0.2) is 9.18 Å². The molecule has 0 amide bonds. The Labute approximate surface area is 151 Å². The third kappa shape index (κ3) is 5.81. The minimum Gasteiger partial charge on any atom is -0.502 e. The first-order valence-corrected chi connectivity index (χ1v) is 9.59. The molecule has 1 heterocycles. The molecule has 25 heavy (non-hydrogen) atoms. The van der Waals surface area contributed by atoms with Crippen molar-refractivity contribution in [3.8, 4) is 0 Å². The maximum atomic E-state index is 13.4. The first kappa shape index (κ1) is 19.4. The third-order valence-electron chi connectivity index (χ3n) is 3.79. The average Bonchev–Trinajstić information content (AvgIpc) is 2.59. The summed E-state index contributed by atoms with van der Waals surface area (Å²) in [5.74, 6) is 1.68. The lowest BCUT2D eigenvalue weighted by atomic mass is 10.2. The van der Waals surface area contributed by atoms with Crippen LogP contribution in [0.5, 0.6) is 0 Å². The van der Waals surface area contributed by atoms with Crippen LogP contribution < -0.4 is 10.5 Å². The molecule has 0 atom stereocenters. The van der Waals surface area contributed by atoms with Gasteiger partial charge in [-0.2, -0.15) is 11.8 Å². The zero-order valence-electron chi connectivity index (χ0n) is 14.5. The van der Waals surface area contributed by atoms with Crippen molar-refractivity contribution in [2.75, 3.05) is 36.1 Å². The molecule has 0 unspecified atom stereocenters. The highest BCUT2D eigenvalue weighted by Gasteiger charge is 2.12. The van der Waals surface area contributed by atoms with Crippen molar-refractivity contribution >= 4 is 28.4 Å². The molecular formula is C19H24FNO3S. The normalized spacial score (nSPS) is 10.8. The Balaban J connectivity index is 1.95. The lowest BCUT2D eigenvalue weighted by Crippen LogP contribution is -2.25. The van der Waals surface area contributed by atoms with Crippen molar-refractivity contribution in [2.24, 2.45) is 0 Å². The maximum Gasteiger partial charge on any atom is 0.338 e. The second-order valence-electron chi connectivity index (χ2n) is 5.53. The molecule has 1 aromatic heterocycles. The number of thioether (sulfide) groups is 1. The zero-order chi connectivity index (χ0) is 18.1. The zero-order valence-corrected chi connectivity index (χ0v) is 15.3. The predicted octanol–water partition coefficient (Wildman–Crippen LogP) is 4.43. The Morgan fingerprint density at radius 3 is 2.88 bits per heavy atom. The highest BCUT2D eigenvalue weighted by atomic mass is 32.2. The molecule has 0 saturated heterocycles. The molecule has 0 aliphatic rings. The Bertz CT molecular complexity index is 747. The number of benzene rings is 1. The fraction of sp³-hybridized carbons (Fsp3) is 0.421. The van der Waals surface area contributed by atoms with Gasteiger partial charge in [0.1, 0.15) is 11.4 Å². The van der Waals surface area contributed by atoms with Gasteiger partial charge in [-0.05, 0) is 43.4 Å². The SMILES string of the molecule is C=COCCCSCCCN(CC)c1cc(=O)oc2cc(F)ccc12. The van der Waals surface area contributed by atoms with Crippen molar-refractivity contribution in [3.05, 3.63) is 53.3 Å². The van der Waals surface area contributed by atoms with Crippen LogP contribution in [0.3, 0.4) is 0 Å². The van der Waals surface area contributed by atoms with E-state index in [2.05, 4.69) is 11.5 Å². The number of halogens is 1.